The van der Waals surface area contributed by atoms with Crippen LogP contribution in [0, 0.1) is 13.8 Å². The average Bonchev–Trinajstić information content (AvgIpc) is 2.95. The number of carbonyl (C=O) groups excluding carboxylic acids is 1. The van der Waals surface area contributed by atoms with E-state index in [1.54, 1.807) is 12.1 Å². The second-order valence-corrected chi connectivity index (χ2v) is 6.28. The van der Waals surface area contributed by atoms with Gasteiger partial charge in [0.05, 0.1) is 12.7 Å². The first-order chi connectivity index (χ1) is 12.5. The van der Waals surface area contributed by atoms with Crippen LogP contribution in [-0.4, -0.2) is 24.3 Å². The molecule has 3 N–H and O–H groups in total. The number of carbonyl (C=O) groups is 1. The van der Waals surface area contributed by atoms with E-state index in [1.807, 2.05) is 32.0 Å². The minimum Gasteiger partial charge on any atom is -0.494 e. The van der Waals surface area contributed by atoms with Crippen LogP contribution in [0.15, 0.2) is 34.7 Å². The molecule has 2 aromatic rings. The third kappa shape index (κ3) is 6.11. The topological polar surface area (TPSA) is 83.7 Å². The smallest absolute Gasteiger partial charge is 0.319 e. The van der Waals surface area contributed by atoms with Gasteiger partial charge in [-0.2, -0.15) is 0 Å². The Bertz CT molecular complexity index is 694. The molecule has 0 saturated carbocycles. The summed E-state index contributed by atoms with van der Waals surface area (Å²) in [5.41, 5.74) is 1.45. The summed E-state index contributed by atoms with van der Waals surface area (Å²) in [6.45, 7) is 6.83. The predicted octanol–water partition coefficient (Wildman–Crippen LogP) is 4.32. The Morgan fingerprint density at radius 3 is 2.62 bits per heavy atom. The maximum Gasteiger partial charge on any atom is 0.319 e. The molecular formula is C20H28N2O4. The molecule has 0 aliphatic rings. The van der Waals surface area contributed by atoms with Crippen LogP contribution in [0.1, 0.15) is 49.4 Å². The highest BCUT2D eigenvalue weighted by molar-refractivity contribution is 5.89. The summed E-state index contributed by atoms with van der Waals surface area (Å²) in [7, 11) is 0. The van der Waals surface area contributed by atoms with Gasteiger partial charge in [-0.25, -0.2) is 4.79 Å². The quantitative estimate of drug-likeness (QED) is 0.582. The second kappa shape index (κ2) is 9.87. The van der Waals surface area contributed by atoms with Crippen molar-refractivity contribution in [3.8, 4) is 5.75 Å². The van der Waals surface area contributed by atoms with Crippen LogP contribution in [0.4, 0.5) is 10.5 Å². The van der Waals surface area contributed by atoms with Gasteiger partial charge in [0.2, 0.25) is 0 Å². The number of aliphatic hydroxyl groups excluding tert-OH is 1. The van der Waals surface area contributed by atoms with E-state index in [0.717, 1.165) is 29.9 Å². The summed E-state index contributed by atoms with van der Waals surface area (Å²) in [6.07, 6.45) is 1.87. The zero-order valence-corrected chi connectivity index (χ0v) is 15.7. The molecule has 0 aliphatic heterocycles. The number of hydrogen-bond donors (Lipinski definition) is 3. The molecule has 2 amide bonds. The lowest BCUT2D eigenvalue weighted by atomic mass is 10.1. The maximum absolute atomic E-state index is 11.9. The Balaban J connectivity index is 1.72. The van der Waals surface area contributed by atoms with Crippen molar-refractivity contribution in [1.29, 1.82) is 0 Å². The Kier molecular flexibility index (Phi) is 7.53. The minimum absolute atomic E-state index is 0.308. The minimum atomic E-state index is -0.660. The van der Waals surface area contributed by atoms with E-state index in [-0.39, 0.29) is 6.03 Å². The van der Waals surface area contributed by atoms with Gasteiger partial charge in [-0.15, -0.1) is 0 Å². The fraction of sp³-hybridized carbons (Fsp3) is 0.450. The van der Waals surface area contributed by atoms with Crippen molar-refractivity contribution >= 4 is 11.7 Å². The molecule has 0 spiro atoms. The summed E-state index contributed by atoms with van der Waals surface area (Å²) in [5.74, 6) is 2.27. The maximum atomic E-state index is 11.9. The van der Waals surface area contributed by atoms with Crippen LogP contribution >= 0.6 is 0 Å². The molecule has 1 heterocycles. The summed E-state index contributed by atoms with van der Waals surface area (Å²) >= 11 is 0. The number of hydrogen-bond acceptors (Lipinski definition) is 4. The highest BCUT2D eigenvalue weighted by Crippen LogP contribution is 2.23. The molecule has 6 heteroatoms. The molecule has 2 rings (SSSR count). The van der Waals surface area contributed by atoms with Crippen molar-refractivity contribution in [2.75, 3.05) is 18.5 Å². The standard InChI is InChI=1S/C20H28N2O4/c1-4-5-12-25-17-8-6-16(7-9-17)22-20(24)21-11-10-19(23)18-13-14(2)26-15(18)3/h6-9,13,19,23H,4-5,10-12H2,1-3H3,(H2,21,22,24)/t19-/m0/s1. The van der Waals surface area contributed by atoms with Crippen molar-refractivity contribution in [3.05, 3.63) is 47.4 Å². The Morgan fingerprint density at radius 2 is 2.00 bits per heavy atom. The van der Waals surface area contributed by atoms with Crippen molar-refractivity contribution in [2.24, 2.45) is 0 Å². The van der Waals surface area contributed by atoms with Gasteiger partial charge < -0.3 is 24.9 Å². The van der Waals surface area contributed by atoms with Crippen molar-refractivity contribution in [3.63, 3.8) is 0 Å². The predicted molar refractivity (Wildman–Crippen MR) is 102 cm³/mol. The van der Waals surface area contributed by atoms with Crippen molar-refractivity contribution in [1.82, 2.24) is 5.32 Å². The summed E-state index contributed by atoms with van der Waals surface area (Å²) in [6, 6.07) is 8.78. The number of unbranched alkanes of at least 4 members (excludes halogenated alkanes) is 1. The number of aryl methyl sites for hydroxylation is 2. The monoisotopic (exact) mass is 360 g/mol. The van der Waals surface area contributed by atoms with Gasteiger partial charge >= 0.3 is 6.03 Å². The molecule has 0 saturated heterocycles. The van der Waals surface area contributed by atoms with Gasteiger partial charge in [-0.05, 0) is 57.0 Å². The molecule has 0 bridgehead atoms. The van der Waals surface area contributed by atoms with Gasteiger partial charge in [0.1, 0.15) is 17.3 Å². The highest BCUT2D eigenvalue weighted by atomic mass is 16.5. The fourth-order valence-electron chi connectivity index (χ4n) is 2.60. The molecule has 0 unspecified atom stereocenters. The number of anilines is 1. The van der Waals surface area contributed by atoms with E-state index in [1.165, 1.54) is 0 Å². The molecule has 142 valence electrons. The van der Waals surface area contributed by atoms with Gasteiger partial charge in [0.15, 0.2) is 0 Å². The number of ether oxygens (including phenoxy) is 1. The van der Waals surface area contributed by atoms with Crippen LogP contribution in [0.5, 0.6) is 5.75 Å². The number of benzene rings is 1. The molecule has 1 aromatic heterocycles. The van der Waals surface area contributed by atoms with Crippen molar-refractivity contribution < 1.29 is 19.1 Å². The molecule has 0 fully saturated rings. The van der Waals surface area contributed by atoms with Crippen LogP contribution < -0.4 is 15.4 Å². The number of rotatable bonds is 9. The molecule has 0 aliphatic carbocycles. The number of amides is 2. The molecule has 1 aromatic carbocycles. The van der Waals surface area contributed by atoms with Crippen LogP contribution in [0.3, 0.4) is 0 Å². The molecule has 26 heavy (non-hydrogen) atoms. The van der Waals surface area contributed by atoms with Crippen molar-refractivity contribution in [2.45, 2.75) is 46.1 Å². The molecular weight excluding hydrogens is 332 g/mol. The number of furan rings is 1. The van der Waals surface area contributed by atoms with Gasteiger partial charge in [-0.1, -0.05) is 13.3 Å². The first-order valence-electron chi connectivity index (χ1n) is 9.02. The van der Waals surface area contributed by atoms with Crippen LogP contribution in [-0.2, 0) is 0 Å². The van der Waals surface area contributed by atoms with Gasteiger partial charge in [0.25, 0.3) is 0 Å². The molecule has 1 atom stereocenters. The largest absolute Gasteiger partial charge is 0.494 e. The first kappa shape index (κ1) is 19.8. The van der Waals surface area contributed by atoms with E-state index in [4.69, 9.17) is 9.15 Å². The van der Waals surface area contributed by atoms with E-state index < -0.39 is 6.10 Å². The number of nitrogens with one attached hydrogen (secondary N) is 2. The Morgan fingerprint density at radius 1 is 1.27 bits per heavy atom. The molecule has 0 radical (unpaired) electrons. The second-order valence-electron chi connectivity index (χ2n) is 6.28. The average molecular weight is 360 g/mol. The van der Waals surface area contributed by atoms with Gasteiger partial charge in [0, 0.05) is 17.8 Å². The summed E-state index contributed by atoms with van der Waals surface area (Å²) < 4.78 is 11.0. The summed E-state index contributed by atoms with van der Waals surface area (Å²) in [5, 5.41) is 15.7. The van der Waals surface area contributed by atoms with Crippen LogP contribution in [0.2, 0.25) is 0 Å². The van der Waals surface area contributed by atoms with E-state index in [9.17, 15) is 9.90 Å². The normalized spacial score (nSPS) is 11.8. The van der Waals surface area contributed by atoms with Crippen LogP contribution in [0.25, 0.3) is 0 Å². The lowest BCUT2D eigenvalue weighted by Gasteiger charge is -2.12. The van der Waals surface area contributed by atoms with E-state index in [2.05, 4.69) is 17.6 Å². The number of aliphatic hydroxyl groups is 1. The molecule has 6 nitrogen and oxygen atoms in total. The highest BCUT2D eigenvalue weighted by Gasteiger charge is 2.14. The van der Waals surface area contributed by atoms with E-state index in [0.29, 0.717) is 31.0 Å². The summed E-state index contributed by atoms with van der Waals surface area (Å²) in [4.78, 5) is 11.9. The third-order valence-corrected chi connectivity index (χ3v) is 4.02. The fourth-order valence-corrected chi connectivity index (χ4v) is 2.60. The van der Waals surface area contributed by atoms with Gasteiger partial charge in [-0.3, -0.25) is 0 Å². The Labute approximate surface area is 154 Å². The first-order valence-corrected chi connectivity index (χ1v) is 9.02. The van der Waals surface area contributed by atoms with E-state index >= 15 is 0 Å². The third-order valence-electron chi connectivity index (χ3n) is 4.02. The lowest BCUT2D eigenvalue weighted by Crippen LogP contribution is -2.30. The lowest BCUT2D eigenvalue weighted by molar-refractivity contribution is 0.165. The zero-order valence-electron chi connectivity index (χ0n) is 15.7. The Hall–Kier alpha value is -2.47. The SMILES string of the molecule is CCCCOc1ccc(NC(=O)NCC[C@H](O)c2cc(C)oc2C)cc1. The number of urea groups is 1. The zero-order chi connectivity index (χ0) is 18.9.